The van der Waals surface area contributed by atoms with Crippen molar-refractivity contribution in [1.82, 2.24) is 4.98 Å². The van der Waals surface area contributed by atoms with Crippen LogP contribution in [0.5, 0.6) is 0 Å². The van der Waals surface area contributed by atoms with Crippen LogP contribution in [0.2, 0.25) is 0 Å². The summed E-state index contributed by atoms with van der Waals surface area (Å²) in [6.07, 6.45) is 0.801. The molecule has 0 radical (unpaired) electrons. The molecule has 1 N–H and O–H groups in total. The molecule has 0 saturated carbocycles. The van der Waals surface area contributed by atoms with Crippen molar-refractivity contribution in [3.63, 3.8) is 0 Å². The van der Waals surface area contributed by atoms with Gasteiger partial charge >= 0.3 is 0 Å². The number of carbonyl (C=O) groups excluding carboxylic acids is 1. The molecule has 2 heterocycles. The van der Waals surface area contributed by atoms with Gasteiger partial charge in [0.2, 0.25) is 5.91 Å². The highest BCUT2D eigenvalue weighted by molar-refractivity contribution is 9.10. The zero-order chi connectivity index (χ0) is 13.2. The lowest BCUT2D eigenvalue weighted by atomic mass is 10.1. The summed E-state index contributed by atoms with van der Waals surface area (Å²) in [5, 5.41) is 2.66. The van der Waals surface area contributed by atoms with E-state index in [0.717, 1.165) is 0 Å². The number of nitrogens with one attached hydrogen (secondary N) is 1. The average Bonchev–Trinajstić information content (AvgIpc) is 2.57. The van der Waals surface area contributed by atoms with Gasteiger partial charge in [-0.1, -0.05) is 6.07 Å². The van der Waals surface area contributed by atoms with E-state index >= 15 is 0 Å². The fourth-order valence-corrected chi connectivity index (χ4v) is 4.17. The molecule has 98 valence electrons. The molecule has 1 fully saturated rings. The maximum absolute atomic E-state index is 11.7. The highest BCUT2D eigenvalue weighted by atomic mass is 79.9. The number of nitrogens with zero attached hydrogens (tertiary/aromatic N) is 1. The van der Waals surface area contributed by atoms with Crippen molar-refractivity contribution in [3.05, 3.63) is 22.8 Å². The number of sulfone groups is 1. The van der Waals surface area contributed by atoms with Crippen molar-refractivity contribution in [3.8, 4) is 0 Å². The van der Waals surface area contributed by atoms with Gasteiger partial charge in [-0.25, -0.2) is 13.4 Å². The first-order chi connectivity index (χ1) is 8.44. The zero-order valence-electron chi connectivity index (χ0n) is 9.60. The molecule has 2 rings (SSSR count). The maximum atomic E-state index is 11.7. The first kappa shape index (κ1) is 13.5. The SMILES string of the molecule is O=C(CC1CCS(=O)(=O)C1)Nc1cccc(Br)n1. The molecule has 1 amide bonds. The first-order valence-electron chi connectivity index (χ1n) is 5.57. The summed E-state index contributed by atoms with van der Waals surface area (Å²) in [7, 11) is -2.92. The third kappa shape index (κ3) is 3.78. The third-order valence-corrected chi connectivity index (χ3v) is 5.06. The molecule has 1 aromatic heterocycles. The highest BCUT2D eigenvalue weighted by Crippen LogP contribution is 2.22. The summed E-state index contributed by atoms with van der Waals surface area (Å²) in [6, 6.07) is 5.22. The van der Waals surface area contributed by atoms with Crippen molar-refractivity contribution in [2.24, 2.45) is 5.92 Å². The molecule has 1 unspecified atom stereocenters. The molecular weight excluding hydrogens is 320 g/mol. The van der Waals surface area contributed by atoms with Crippen molar-refractivity contribution >= 4 is 37.5 Å². The Morgan fingerprint density at radius 3 is 2.89 bits per heavy atom. The summed E-state index contributed by atoms with van der Waals surface area (Å²) in [6.45, 7) is 0. The molecule has 0 aromatic carbocycles. The first-order valence-corrected chi connectivity index (χ1v) is 8.19. The molecule has 1 atom stereocenters. The van der Waals surface area contributed by atoms with Gasteiger partial charge in [0.1, 0.15) is 10.4 Å². The summed E-state index contributed by atoms with van der Waals surface area (Å²) >= 11 is 3.21. The number of aromatic nitrogens is 1. The number of hydrogen-bond acceptors (Lipinski definition) is 4. The predicted molar refractivity (Wildman–Crippen MR) is 71.9 cm³/mol. The number of amides is 1. The second-order valence-corrected chi connectivity index (χ2v) is 7.41. The Morgan fingerprint density at radius 1 is 1.50 bits per heavy atom. The highest BCUT2D eigenvalue weighted by Gasteiger charge is 2.29. The zero-order valence-corrected chi connectivity index (χ0v) is 12.0. The van der Waals surface area contributed by atoms with E-state index in [4.69, 9.17) is 0 Å². The monoisotopic (exact) mass is 332 g/mol. The number of halogens is 1. The molecule has 1 saturated heterocycles. The molecule has 1 aliphatic heterocycles. The van der Waals surface area contributed by atoms with Crippen LogP contribution in [0, 0.1) is 5.92 Å². The van der Waals surface area contributed by atoms with Crippen LogP contribution < -0.4 is 5.32 Å². The Bertz CT molecular complexity index is 559. The van der Waals surface area contributed by atoms with Gasteiger partial charge in [-0.05, 0) is 40.4 Å². The van der Waals surface area contributed by atoms with Gasteiger partial charge in [0, 0.05) is 6.42 Å². The number of rotatable bonds is 3. The topological polar surface area (TPSA) is 76.1 Å². The van der Waals surface area contributed by atoms with E-state index in [-0.39, 0.29) is 29.8 Å². The van der Waals surface area contributed by atoms with Crippen molar-refractivity contribution in [1.29, 1.82) is 0 Å². The molecule has 1 aliphatic rings. The van der Waals surface area contributed by atoms with Crippen LogP contribution in [-0.2, 0) is 14.6 Å². The minimum absolute atomic E-state index is 0.0675. The summed E-state index contributed by atoms with van der Waals surface area (Å²) in [5.74, 6) is 0.520. The van der Waals surface area contributed by atoms with Gasteiger partial charge in [0.25, 0.3) is 0 Å². The molecular formula is C11H13BrN2O3S. The van der Waals surface area contributed by atoms with Gasteiger partial charge in [-0.3, -0.25) is 4.79 Å². The summed E-state index contributed by atoms with van der Waals surface area (Å²) in [4.78, 5) is 15.8. The van der Waals surface area contributed by atoms with Gasteiger partial charge in [0.05, 0.1) is 11.5 Å². The van der Waals surface area contributed by atoms with Crippen molar-refractivity contribution in [2.75, 3.05) is 16.8 Å². The van der Waals surface area contributed by atoms with Crippen LogP contribution in [0.1, 0.15) is 12.8 Å². The molecule has 18 heavy (non-hydrogen) atoms. The van der Waals surface area contributed by atoms with Crippen LogP contribution in [0.25, 0.3) is 0 Å². The van der Waals surface area contributed by atoms with Crippen molar-refractivity contribution < 1.29 is 13.2 Å². The van der Waals surface area contributed by atoms with Crippen LogP contribution in [0.4, 0.5) is 5.82 Å². The second-order valence-electron chi connectivity index (χ2n) is 4.37. The number of anilines is 1. The molecule has 7 heteroatoms. The summed E-state index contributed by atoms with van der Waals surface area (Å²) < 4.78 is 23.2. The molecule has 5 nitrogen and oxygen atoms in total. The maximum Gasteiger partial charge on any atom is 0.225 e. The fraction of sp³-hybridized carbons (Fsp3) is 0.455. The standard InChI is InChI=1S/C11H13BrN2O3S/c12-9-2-1-3-10(13-9)14-11(15)6-8-4-5-18(16,17)7-8/h1-3,8H,4-7H2,(H,13,14,15). The second kappa shape index (κ2) is 5.36. The molecule has 0 bridgehead atoms. The Labute approximate surface area is 114 Å². The van der Waals surface area contributed by atoms with E-state index in [0.29, 0.717) is 16.8 Å². The van der Waals surface area contributed by atoms with Gasteiger partial charge < -0.3 is 5.32 Å². The van der Waals surface area contributed by atoms with E-state index in [1.165, 1.54) is 0 Å². The van der Waals surface area contributed by atoms with Gasteiger partial charge in [-0.2, -0.15) is 0 Å². The number of hydrogen-bond donors (Lipinski definition) is 1. The van der Waals surface area contributed by atoms with Crippen LogP contribution in [0.3, 0.4) is 0 Å². The largest absolute Gasteiger partial charge is 0.311 e. The Morgan fingerprint density at radius 2 is 2.28 bits per heavy atom. The van der Waals surface area contributed by atoms with E-state index in [9.17, 15) is 13.2 Å². The fourth-order valence-electron chi connectivity index (χ4n) is 1.97. The van der Waals surface area contributed by atoms with Crippen LogP contribution in [-0.4, -0.2) is 30.8 Å². The minimum atomic E-state index is -2.92. The predicted octanol–water partition coefficient (Wildman–Crippen LogP) is 1.61. The lowest BCUT2D eigenvalue weighted by Gasteiger charge is -2.08. The van der Waals surface area contributed by atoms with Crippen molar-refractivity contribution in [2.45, 2.75) is 12.8 Å². The van der Waals surface area contributed by atoms with Gasteiger partial charge in [0.15, 0.2) is 9.84 Å². The van der Waals surface area contributed by atoms with Crippen LogP contribution in [0.15, 0.2) is 22.8 Å². The van der Waals surface area contributed by atoms with E-state index in [1.54, 1.807) is 18.2 Å². The Kier molecular flexibility index (Phi) is 4.01. The lowest BCUT2D eigenvalue weighted by molar-refractivity contribution is -0.116. The quantitative estimate of drug-likeness (QED) is 0.853. The number of pyridine rings is 1. The van der Waals surface area contributed by atoms with E-state index < -0.39 is 9.84 Å². The summed E-state index contributed by atoms with van der Waals surface area (Å²) in [5.41, 5.74) is 0. The minimum Gasteiger partial charge on any atom is -0.311 e. The average molecular weight is 333 g/mol. The van der Waals surface area contributed by atoms with E-state index in [1.807, 2.05) is 0 Å². The van der Waals surface area contributed by atoms with Gasteiger partial charge in [-0.15, -0.1) is 0 Å². The third-order valence-electron chi connectivity index (χ3n) is 2.78. The number of carbonyl (C=O) groups is 1. The Balaban J connectivity index is 1.90. The molecule has 0 spiro atoms. The van der Waals surface area contributed by atoms with Crippen LogP contribution >= 0.6 is 15.9 Å². The normalized spacial score (nSPS) is 21.7. The lowest BCUT2D eigenvalue weighted by Crippen LogP contribution is -2.18. The van der Waals surface area contributed by atoms with E-state index in [2.05, 4.69) is 26.2 Å². The molecule has 1 aromatic rings. The smallest absolute Gasteiger partial charge is 0.225 e. The Hall–Kier alpha value is -0.950. The molecule has 0 aliphatic carbocycles.